The summed E-state index contributed by atoms with van der Waals surface area (Å²) in [5.74, 6) is 0.294. The maximum absolute atomic E-state index is 10.4. The number of ether oxygens (including phenoxy) is 1. The van der Waals surface area contributed by atoms with E-state index in [4.69, 9.17) is 16.7 Å². The first-order valence-corrected chi connectivity index (χ1v) is 5.93. The van der Waals surface area contributed by atoms with Gasteiger partial charge >= 0.3 is 6.16 Å². The zero-order valence-corrected chi connectivity index (χ0v) is 9.93. The van der Waals surface area contributed by atoms with Gasteiger partial charge in [-0.05, 0) is 31.4 Å². The lowest BCUT2D eigenvalue weighted by atomic mass is 10.1. The second-order valence-electron chi connectivity index (χ2n) is 2.89. The molecule has 1 aromatic carbocycles. The Morgan fingerprint density at radius 3 is 2.73 bits per heavy atom. The van der Waals surface area contributed by atoms with Crippen molar-refractivity contribution in [3.8, 4) is 5.75 Å². The molecule has 15 heavy (non-hydrogen) atoms. The van der Waals surface area contributed by atoms with Gasteiger partial charge in [0.05, 0.1) is 5.38 Å². The van der Waals surface area contributed by atoms with Crippen LogP contribution in [0.3, 0.4) is 0 Å². The standard InChI is InChI=1S/C10H11ClO3S/c1-6(11)8-5-7(15-2)3-4-9(8)14-10(12)13/h3-6H,1-2H3,(H,12,13). The van der Waals surface area contributed by atoms with E-state index in [2.05, 4.69) is 4.74 Å². The van der Waals surface area contributed by atoms with Crippen LogP contribution in [0.5, 0.6) is 5.75 Å². The number of hydrogen-bond donors (Lipinski definition) is 1. The molecule has 5 heteroatoms. The van der Waals surface area contributed by atoms with Gasteiger partial charge in [0, 0.05) is 10.5 Å². The molecule has 0 fully saturated rings. The molecule has 0 aliphatic rings. The molecule has 1 aromatic rings. The van der Waals surface area contributed by atoms with Gasteiger partial charge in [0.2, 0.25) is 0 Å². The summed E-state index contributed by atoms with van der Waals surface area (Å²) in [4.78, 5) is 11.5. The normalized spacial score (nSPS) is 12.2. The van der Waals surface area contributed by atoms with Crippen LogP contribution in [0, 0.1) is 0 Å². The van der Waals surface area contributed by atoms with E-state index in [1.807, 2.05) is 12.3 Å². The van der Waals surface area contributed by atoms with Crippen LogP contribution in [0.4, 0.5) is 4.79 Å². The van der Waals surface area contributed by atoms with Crippen LogP contribution in [-0.4, -0.2) is 17.5 Å². The summed E-state index contributed by atoms with van der Waals surface area (Å²) in [5.41, 5.74) is 0.686. The van der Waals surface area contributed by atoms with Crippen LogP contribution in [0.15, 0.2) is 23.1 Å². The van der Waals surface area contributed by atoms with Crippen LogP contribution < -0.4 is 4.74 Å². The number of benzene rings is 1. The molecule has 0 heterocycles. The maximum atomic E-state index is 10.4. The first kappa shape index (κ1) is 12.2. The van der Waals surface area contributed by atoms with Gasteiger partial charge in [-0.25, -0.2) is 4.79 Å². The van der Waals surface area contributed by atoms with Crippen molar-refractivity contribution in [1.29, 1.82) is 0 Å². The molecule has 3 nitrogen and oxygen atoms in total. The number of alkyl halides is 1. The van der Waals surface area contributed by atoms with Crippen LogP contribution in [0.2, 0.25) is 0 Å². The molecule has 1 atom stereocenters. The van der Waals surface area contributed by atoms with Crippen molar-refractivity contribution in [2.75, 3.05) is 6.26 Å². The summed E-state index contributed by atoms with van der Waals surface area (Å²) in [6, 6.07) is 5.25. The minimum Gasteiger partial charge on any atom is -0.449 e. The monoisotopic (exact) mass is 246 g/mol. The summed E-state index contributed by atoms with van der Waals surface area (Å²) in [5, 5.41) is 8.24. The molecule has 0 saturated carbocycles. The summed E-state index contributed by atoms with van der Waals surface area (Å²) >= 11 is 7.50. The molecule has 0 saturated heterocycles. The highest BCUT2D eigenvalue weighted by molar-refractivity contribution is 7.98. The third kappa shape index (κ3) is 3.32. The highest BCUT2D eigenvalue weighted by atomic mass is 35.5. The second kappa shape index (κ2) is 5.28. The Balaban J connectivity index is 3.09. The van der Waals surface area contributed by atoms with E-state index in [1.54, 1.807) is 30.8 Å². The van der Waals surface area contributed by atoms with Crippen LogP contribution in [-0.2, 0) is 0 Å². The molecule has 1 unspecified atom stereocenters. The molecule has 0 aromatic heterocycles. The lowest BCUT2D eigenvalue weighted by Gasteiger charge is -2.11. The molecule has 0 radical (unpaired) electrons. The second-order valence-corrected chi connectivity index (χ2v) is 4.42. The average molecular weight is 247 g/mol. The Morgan fingerprint density at radius 1 is 1.60 bits per heavy atom. The first-order chi connectivity index (χ1) is 7.04. The number of carbonyl (C=O) groups is 1. The number of carboxylic acid groups (broad SMARTS) is 1. The van der Waals surface area contributed by atoms with E-state index in [0.29, 0.717) is 11.3 Å². The average Bonchev–Trinajstić information content (AvgIpc) is 2.17. The Morgan fingerprint density at radius 2 is 2.27 bits per heavy atom. The molecule has 1 N–H and O–H groups in total. The predicted molar refractivity (Wildman–Crippen MR) is 61.1 cm³/mol. The molecule has 0 spiro atoms. The van der Waals surface area contributed by atoms with E-state index in [0.717, 1.165) is 4.90 Å². The molecular weight excluding hydrogens is 236 g/mol. The molecule has 1 rings (SSSR count). The van der Waals surface area contributed by atoms with E-state index in [9.17, 15) is 4.79 Å². The van der Waals surface area contributed by atoms with Crippen LogP contribution >= 0.6 is 23.4 Å². The van der Waals surface area contributed by atoms with E-state index in [1.165, 1.54) is 0 Å². The first-order valence-electron chi connectivity index (χ1n) is 4.27. The molecule has 0 aliphatic carbocycles. The molecular formula is C10H11ClO3S. The van der Waals surface area contributed by atoms with Gasteiger partial charge in [-0.1, -0.05) is 0 Å². The topological polar surface area (TPSA) is 46.5 Å². The Hall–Kier alpha value is -0.870. The number of hydrogen-bond acceptors (Lipinski definition) is 3. The van der Waals surface area contributed by atoms with Crippen LogP contribution in [0.1, 0.15) is 17.9 Å². The third-order valence-corrected chi connectivity index (χ3v) is 2.80. The van der Waals surface area contributed by atoms with Crippen molar-refractivity contribution in [2.45, 2.75) is 17.2 Å². The molecule has 82 valence electrons. The highest BCUT2D eigenvalue weighted by Gasteiger charge is 2.12. The highest BCUT2D eigenvalue weighted by Crippen LogP contribution is 2.32. The predicted octanol–water partition coefficient (Wildman–Crippen LogP) is 3.77. The van der Waals surface area contributed by atoms with Crippen molar-refractivity contribution < 1.29 is 14.6 Å². The van der Waals surface area contributed by atoms with Crippen molar-refractivity contribution in [2.24, 2.45) is 0 Å². The lowest BCUT2D eigenvalue weighted by Crippen LogP contribution is -2.05. The maximum Gasteiger partial charge on any atom is 0.511 e. The summed E-state index contributed by atoms with van der Waals surface area (Å²) in [6.07, 6.45) is 0.612. The Bertz CT molecular complexity index is 366. The Kier molecular flexibility index (Phi) is 4.29. The minimum atomic E-state index is -1.33. The van der Waals surface area contributed by atoms with E-state index >= 15 is 0 Å². The summed E-state index contributed by atoms with van der Waals surface area (Å²) < 4.78 is 4.63. The lowest BCUT2D eigenvalue weighted by molar-refractivity contribution is 0.144. The van der Waals surface area contributed by atoms with Crippen molar-refractivity contribution in [3.05, 3.63) is 23.8 Å². The molecule has 0 amide bonds. The number of rotatable bonds is 3. The SMILES string of the molecule is CSc1ccc(OC(=O)O)c(C(C)Cl)c1. The smallest absolute Gasteiger partial charge is 0.449 e. The van der Waals surface area contributed by atoms with E-state index < -0.39 is 6.16 Å². The summed E-state index contributed by atoms with van der Waals surface area (Å²) in [6.45, 7) is 1.77. The van der Waals surface area contributed by atoms with Crippen LogP contribution in [0.25, 0.3) is 0 Å². The fraction of sp³-hybridized carbons (Fsp3) is 0.300. The van der Waals surface area contributed by atoms with Gasteiger partial charge in [-0.15, -0.1) is 23.4 Å². The van der Waals surface area contributed by atoms with Gasteiger partial charge < -0.3 is 9.84 Å². The fourth-order valence-corrected chi connectivity index (χ4v) is 1.77. The minimum absolute atomic E-state index is 0.286. The van der Waals surface area contributed by atoms with Crippen molar-refractivity contribution in [3.63, 3.8) is 0 Å². The van der Waals surface area contributed by atoms with Gasteiger partial charge in [-0.2, -0.15) is 0 Å². The Labute approximate surface area is 97.4 Å². The zero-order valence-electron chi connectivity index (χ0n) is 8.36. The molecule has 0 bridgehead atoms. The number of halogens is 1. The van der Waals surface area contributed by atoms with Gasteiger partial charge in [0.1, 0.15) is 5.75 Å². The van der Waals surface area contributed by atoms with Gasteiger partial charge in [-0.3, -0.25) is 0 Å². The van der Waals surface area contributed by atoms with Crippen molar-refractivity contribution in [1.82, 2.24) is 0 Å². The largest absolute Gasteiger partial charge is 0.511 e. The zero-order chi connectivity index (χ0) is 11.4. The quantitative estimate of drug-likeness (QED) is 0.382. The summed E-state index contributed by atoms with van der Waals surface area (Å²) in [7, 11) is 0. The number of thioether (sulfide) groups is 1. The van der Waals surface area contributed by atoms with E-state index in [-0.39, 0.29) is 5.38 Å². The van der Waals surface area contributed by atoms with Crippen molar-refractivity contribution >= 4 is 29.5 Å². The molecule has 0 aliphatic heterocycles. The van der Waals surface area contributed by atoms with Gasteiger partial charge in [0.15, 0.2) is 0 Å². The third-order valence-electron chi connectivity index (χ3n) is 1.84. The fourth-order valence-electron chi connectivity index (χ4n) is 1.15. The van der Waals surface area contributed by atoms with Gasteiger partial charge in [0.25, 0.3) is 0 Å².